The lowest BCUT2D eigenvalue weighted by molar-refractivity contribution is 0.317. The molecule has 0 spiro atoms. The van der Waals surface area contributed by atoms with Crippen molar-refractivity contribution in [1.82, 2.24) is 5.32 Å². The Morgan fingerprint density at radius 1 is 1.05 bits per heavy atom. The summed E-state index contributed by atoms with van der Waals surface area (Å²) in [5.74, 6) is 0.861. The molecule has 3 aromatic rings. The van der Waals surface area contributed by atoms with Crippen molar-refractivity contribution in [3.8, 4) is 5.75 Å². The highest BCUT2D eigenvalue weighted by atomic mass is 35.5. The van der Waals surface area contributed by atoms with E-state index in [4.69, 9.17) is 20.8 Å². The summed E-state index contributed by atoms with van der Waals surface area (Å²) in [6, 6.07) is 13.7. The minimum Gasteiger partial charge on any atom is -0.492 e. The smallest absolute Gasteiger partial charge is 0.127 e. The summed E-state index contributed by atoms with van der Waals surface area (Å²) in [4.78, 5) is 0. The van der Waals surface area contributed by atoms with Gasteiger partial charge in [-0.05, 0) is 18.2 Å². The SMILES string of the molecule is Clc1ccc(OCCNCc2ccoc2)c2ccccc12. The summed E-state index contributed by atoms with van der Waals surface area (Å²) in [5.41, 5.74) is 1.13. The molecule has 0 aliphatic rings. The zero-order valence-corrected chi connectivity index (χ0v) is 12.3. The number of fused-ring (bicyclic) bond motifs is 1. The predicted octanol–water partition coefficient (Wildman–Crippen LogP) is 4.25. The Bertz CT molecular complexity index is 710. The van der Waals surface area contributed by atoms with Crippen LogP contribution in [0.5, 0.6) is 5.75 Å². The lowest BCUT2D eigenvalue weighted by Gasteiger charge is -2.10. The molecule has 0 aliphatic heterocycles. The van der Waals surface area contributed by atoms with Gasteiger partial charge in [0.1, 0.15) is 12.4 Å². The molecule has 108 valence electrons. The molecule has 0 amide bonds. The molecule has 0 unspecified atom stereocenters. The minimum absolute atomic E-state index is 0.601. The quantitative estimate of drug-likeness (QED) is 0.691. The molecule has 2 aromatic carbocycles. The molecule has 21 heavy (non-hydrogen) atoms. The van der Waals surface area contributed by atoms with Crippen LogP contribution < -0.4 is 10.1 Å². The van der Waals surface area contributed by atoms with Crippen LogP contribution in [0.1, 0.15) is 5.56 Å². The van der Waals surface area contributed by atoms with Crippen LogP contribution in [0.15, 0.2) is 59.4 Å². The number of furan rings is 1. The van der Waals surface area contributed by atoms with Crippen molar-refractivity contribution in [2.24, 2.45) is 0 Å². The van der Waals surface area contributed by atoms with E-state index in [0.717, 1.165) is 40.2 Å². The number of hydrogen-bond donors (Lipinski definition) is 1. The van der Waals surface area contributed by atoms with Crippen LogP contribution in [0.3, 0.4) is 0 Å². The van der Waals surface area contributed by atoms with E-state index in [2.05, 4.69) is 5.32 Å². The molecular formula is C17H16ClNO2. The average Bonchev–Trinajstić information content (AvgIpc) is 3.03. The zero-order valence-electron chi connectivity index (χ0n) is 11.5. The van der Waals surface area contributed by atoms with E-state index >= 15 is 0 Å². The summed E-state index contributed by atoms with van der Waals surface area (Å²) < 4.78 is 10.9. The fraction of sp³-hybridized carbons (Fsp3) is 0.176. The van der Waals surface area contributed by atoms with Crippen LogP contribution in [0.4, 0.5) is 0 Å². The molecular weight excluding hydrogens is 286 g/mol. The Labute approximate surface area is 128 Å². The van der Waals surface area contributed by atoms with Crippen molar-refractivity contribution in [3.05, 3.63) is 65.6 Å². The third-order valence-electron chi connectivity index (χ3n) is 3.28. The maximum Gasteiger partial charge on any atom is 0.127 e. The zero-order chi connectivity index (χ0) is 14.5. The molecule has 0 saturated carbocycles. The fourth-order valence-corrected chi connectivity index (χ4v) is 2.45. The molecule has 0 bridgehead atoms. The van der Waals surface area contributed by atoms with Gasteiger partial charge < -0.3 is 14.5 Å². The molecule has 3 rings (SSSR count). The van der Waals surface area contributed by atoms with Crippen LogP contribution in [0.2, 0.25) is 5.02 Å². The van der Waals surface area contributed by atoms with Crippen LogP contribution >= 0.6 is 11.6 Å². The standard InChI is InChI=1S/C17H16ClNO2/c18-16-5-6-17(15-4-2-1-3-14(15)16)21-10-8-19-11-13-7-9-20-12-13/h1-7,9,12,19H,8,10-11H2. The first-order chi connectivity index (χ1) is 10.3. The number of benzene rings is 2. The average molecular weight is 302 g/mol. The van der Waals surface area contributed by atoms with Gasteiger partial charge in [0.25, 0.3) is 0 Å². The topological polar surface area (TPSA) is 34.4 Å². The predicted molar refractivity (Wildman–Crippen MR) is 84.9 cm³/mol. The summed E-state index contributed by atoms with van der Waals surface area (Å²) in [6.45, 7) is 2.15. The summed E-state index contributed by atoms with van der Waals surface area (Å²) >= 11 is 6.19. The Kier molecular flexibility index (Phi) is 4.43. The van der Waals surface area contributed by atoms with Crippen LogP contribution in [-0.4, -0.2) is 13.2 Å². The summed E-state index contributed by atoms with van der Waals surface area (Å²) in [6.07, 6.45) is 3.41. The van der Waals surface area contributed by atoms with E-state index in [1.807, 2.05) is 42.5 Å². The van der Waals surface area contributed by atoms with Gasteiger partial charge >= 0.3 is 0 Å². The van der Waals surface area contributed by atoms with Gasteiger partial charge in [0.05, 0.1) is 12.5 Å². The monoisotopic (exact) mass is 301 g/mol. The number of rotatable bonds is 6. The lowest BCUT2D eigenvalue weighted by Crippen LogP contribution is -2.20. The molecule has 0 aliphatic carbocycles. The first-order valence-corrected chi connectivity index (χ1v) is 7.24. The van der Waals surface area contributed by atoms with Crippen molar-refractivity contribution in [1.29, 1.82) is 0 Å². The van der Waals surface area contributed by atoms with E-state index in [1.54, 1.807) is 12.5 Å². The van der Waals surface area contributed by atoms with Gasteiger partial charge in [-0.25, -0.2) is 0 Å². The van der Waals surface area contributed by atoms with Gasteiger partial charge in [-0.15, -0.1) is 0 Å². The van der Waals surface area contributed by atoms with Crippen molar-refractivity contribution in [2.75, 3.05) is 13.2 Å². The summed E-state index contributed by atoms with van der Waals surface area (Å²) in [5, 5.41) is 6.11. The number of halogens is 1. The van der Waals surface area contributed by atoms with Gasteiger partial charge in [-0.3, -0.25) is 0 Å². The molecule has 0 radical (unpaired) electrons. The third kappa shape index (κ3) is 3.38. The van der Waals surface area contributed by atoms with E-state index in [1.165, 1.54) is 0 Å². The number of hydrogen-bond acceptors (Lipinski definition) is 3. The first kappa shape index (κ1) is 14.0. The normalized spacial score (nSPS) is 10.9. The lowest BCUT2D eigenvalue weighted by atomic mass is 10.1. The Hall–Kier alpha value is -1.97. The minimum atomic E-state index is 0.601. The largest absolute Gasteiger partial charge is 0.492 e. The van der Waals surface area contributed by atoms with Gasteiger partial charge in [0.15, 0.2) is 0 Å². The van der Waals surface area contributed by atoms with E-state index < -0.39 is 0 Å². The molecule has 4 heteroatoms. The number of ether oxygens (including phenoxy) is 1. The van der Waals surface area contributed by atoms with Crippen molar-refractivity contribution < 1.29 is 9.15 Å². The van der Waals surface area contributed by atoms with Gasteiger partial charge in [-0.1, -0.05) is 35.9 Å². The van der Waals surface area contributed by atoms with Crippen LogP contribution in [0.25, 0.3) is 10.8 Å². The third-order valence-corrected chi connectivity index (χ3v) is 3.61. The highest BCUT2D eigenvalue weighted by molar-refractivity contribution is 6.35. The molecule has 0 saturated heterocycles. The van der Waals surface area contributed by atoms with Gasteiger partial charge in [-0.2, -0.15) is 0 Å². The highest BCUT2D eigenvalue weighted by Crippen LogP contribution is 2.31. The molecule has 0 fully saturated rings. The van der Waals surface area contributed by atoms with E-state index in [-0.39, 0.29) is 0 Å². The second kappa shape index (κ2) is 6.66. The van der Waals surface area contributed by atoms with E-state index in [9.17, 15) is 0 Å². The number of nitrogens with one attached hydrogen (secondary N) is 1. The van der Waals surface area contributed by atoms with Crippen molar-refractivity contribution in [2.45, 2.75) is 6.54 Å². The van der Waals surface area contributed by atoms with Gasteiger partial charge in [0.2, 0.25) is 0 Å². The molecule has 0 atom stereocenters. The first-order valence-electron chi connectivity index (χ1n) is 6.86. The molecule has 1 N–H and O–H groups in total. The van der Waals surface area contributed by atoms with Crippen molar-refractivity contribution in [3.63, 3.8) is 0 Å². The van der Waals surface area contributed by atoms with Crippen LogP contribution in [0, 0.1) is 0 Å². The molecule has 1 aromatic heterocycles. The Morgan fingerprint density at radius 2 is 1.90 bits per heavy atom. The Morgan fingerprint density at radius 3 is 2.71 bits per heavy atom. The maximum atomic E-state index is 6.19. The van der Waals surface area contributed by atoms with Gasteiger partial charge in [0, 0.05) is 34.4 Å². The fourth-order valence-electron chi connectivity index (χ4n) is 2.22. The highest BCUT2D eigenvalue weighted by Gasteiger charge is 2.04. The Balaban J connectivity index is 1.57. The van der Waals surface area contributed by atoms with Crippen molar-refractivity contribution >= 4 is 22.4 Å². The molecule has 1 heterocycles. The van der Waals surface area contributed by atoms with E-state index in [0.29, 0.717) is 6.61 Å². The summed E-state index contributed by atoms with van der Waals surface area (Å²) in [7, 11) is 0. The second-order valence-corrected chi connectivity index (χ2v) is 5.16. The van der Waals surface area contributed by atoms with Crippen LogP contribution in [-0.2, 0) is 6.54 Å². The maximum absolute atomic E-state index is 6.19. The second-order valence-electron chi connectivity index (χ2n) is 4.75. The molecule has 3 nitrogen and oxygen atoms in total.